The summed E-state index contributed by atoms with van der Waals surface area (Å²) < 4.78 is 5.61. The summed E-state index contributed by atoms with van der Waals surface area (Å²) in [5.41, 5.74) is 1.67. The minimum atomic E-state index is -0.116. The van der Waals surface area contributed by atoms with Gasteiger partial charge in [-0.3, -0.25) is 9.69 Å². The standard InChI is InChI=1S/C18H20Cl2N2O2/c1-13-3-8-17(16(20)11-13)21-18(23)12-22(2)9-10-24-15-6-4-14(19)5-7-15/h3-8,11H,9-10,12H2,1-2H3,(H,21,23). The molecule has 6 heteroatoms. The first kappa shape index (κ1) is 18.6. The Bertz CT molecular complexity index is 690. The van der Waals surface area contributed by atoms with Crippen molar-refractivity contribution in [3.05, 3.63) is 58.1 Å². The second-order valence-electron chi connectivity index (χ2n) is 5.57. The van der Waals surface area contributed by atoms with Gasteiger partial charge in [-0.2, -0.15) is 0 Å². The molecule has 0 saturated heterocycles. The number of ether oxygens (including phenoxy) is 1. The Morgan fingerprint density at radius 3 is 2.54 bits per heavy atom. The highest BCUT2D eigenvalue weighted by atomic mass is 35.5. The number of carbonyl (C=O) groups excluding carboxylic acids is 1. The molecule has 128 valence electrons. The summed E-state index contributed by atoms with van der Waals surface area (Å²) in [5, 5.41) is 4.03. The molecular formula is C18H20Cl2N2O2. The van der Waals surface area contributed by atoms with Crippen molar-refractivity contribution < 1.29 is 9.53 Å². The Hall–Kier alpha value is -1.75. The van der Waals surface area contributed by atoms with E-state index in [-0.39, 0.29) is 12.5 Å². The Balaban J connectivity index is 1.74. The van der Waals surface area contributed by atoms with Gasteiger partial charge < -0.3 is 10.1 Å². The van der Waals surface area contributed by atoms with Gasteiger partial charge in [-0.05, 0) is 55.9 Å². The largest absolute Gasteiger partial charge is 0.492 e. The minimum absolute atomic E-state index is 0.116. The molecule has 0 aliphatic rings. The lowest BCUT2D eigenvalue weighted by atomic mass is 10.2. The molecule has 0 atom stereocenters. The van der Waals surface area contributed by atoms with E-state index in [0.29, 0.717) is 28.9 Å². The molecule has 0 heterocycles. The van der Waals surface area contributed by atoms with E-state index in [1.54, 1.807) is 18.2 Å². The van der Waals surface area contributed by atoms with Gasteiger partial charge in [-0.25, -0.2) is 0 Å². The summed E-state index contributed by atoms with van der Waals surface area (Å²) in [6.45, 7) is 3.31. The fourth-order valence-electron chi connectivity index (χ4n) is 2.09. The predicted octanol–water partition coefficient (Wildman–Crippen LogP) is 4.25. The lowest BCUT2D eigenvalue weighted by Crippen LogP contribution is -2.33. The summed E-state index contributed by atoms with van der Waals surface area (Å²) >= 11 is 11.9. The van der Waals surface area contributed by atoms with E-state index in [1.807, 2.05) is 43.1 Å². The number of aryl methyl sites for hydroxylation is 1. The number of nitrogens with one attached hydrogen (secondary N) is 1. The molecule has 0 aliphatic heterocycles. The first-order chi connectivity index (χ1) is 11.4. The third kappa shape index (κ3) is 6.04. The van der Waals surface area contributed by atoms with Crippen molar-refractivity contribution in [1.82, 2.24) is 4.90 Å². The topological polar surface area (TPSA) is 41.6 Å². The van der Waals surface area contributed by atoms with Crippen LogP contribution in [0.25, 0.3) is 0 Å². The molecule has 2 aromatic rings. The maximum Gasteiger partial charge on any atom is 0.238 e. The van der Waals surface area contributed by atoms with Gasteiger partial charge in [0.1, 0.15) is 12.4 Å². The lowest BCUT2D eigenvalue weighted by Gasteiger charge is -2.17. The van der Waals surface area contributed by atoms with E-state index in [2.05, 4.69) is 5.32 Å². The van der Waals surface area contributed by atoms with Crippen LogP contribution in [-0.2, 0) is 4.79 Å². The van der Waals surface area contributed by atoms with Gasteiger partial charge in [0.25, 0.3) is 0 Å². The lowest BCUT2D eigenvalue weighted by molar-refractivity contribution is -0.117. The number of hydrogen-bond donors (Lipinski definition) is 1. The maximum absolute atomic E-state index is 12.1. The van der Waals surface area contributed by atoms with Crippen LogP contribution >= 0.6 is 23.2 Å². The molecule has 0 fully saturated rings. The van der Waals surface area contributed by atoms with Gasteiger partial charge in [0.05, 0.1) is 17.3 Å². The van der Waals surface area contributed by atoms with E-state index in [9.17, 15) is 4.79 Å². The Labute approximate surface area is 152 Å². The first-order valence-electron chi connectivity index (χ1n) is 7.57. The molecule has 0 aromatic heterocycles. The number of hydrogen-bond acceptors (Lipinski definition) is 3. The zero-order valence-electron chi connectivity index (χ0n) is 13.7. The zero-order chi connectivity index (χ0) is 17.5. The molecule has 4 nitrogen and oxygen atoms in total. The highest BCUT2D eigenvalue weighted by Crippen LogP contribution is 2.22. The molecule has 24 heavy (non-hydrogen) atoms. The smallest absolute Gasteiger partial charge is 0.238 e. The van der Waals surface area contributed by atoms with Crippen molar-refractivity contribution in [1.29, 1.82) is 0 Å². The van der Waals surface area contributed by atoms with Crippen LogP contribution in [0, 0.1) is 6.92 Å². The Morgan fingerprint density at radius 1 is 1.17 bits per heavy atom. The van der Waals surface area contributed by atoms with Crippen LogP contribution in [0.5, 0.6) is 5.75 Å². The number of nitrogens with zero attached hydrogens (tertiary/aromatic N) is 1. The quantitative estimate of drug-likeness (QED) is 0.796. The second-order valence-corrected chi connectivity index (χ2v) is 6.42. The fourth-order valence-corrected chi connectivity index (χ4v) is 2.49. The van der Waals surface area contributed by atoms with Crippen LogP contribution in [0.2, 0.25) is 10.0 Å². The van der Waals surface area contributed by atoms with Gasteiger partial charge in [-0.15, -0.1) is 0 Å². The third-order valence-corrected chi connectivity index (χ3v) is 3.93. The van der Waals surface area contributed by atoms with E-state index < -0.39 is 0 Å². The Morgan fingerprint density at radius 2 is 1.88 bits per heavy atom. The van der Waals surface area contributed by atoms with Crippen molar-refractivity contribution in [3.63, 3.8) is 0 Å². The molecule has 1 N–H and O–H groups in total. The second kappa shape index (κ2) is 8.92. The van der Waals surface area contributed by atoms with E-state index in [4.69, 9.17) is 27.9 Å². The average molecular weight is 367 g/mol. The molecular weight excluding hydrogens is 347 g/mol. The Kier molecular flexibility index (Phi) is 6.91. The highest BCUT2D eigenvalue weighted by Gasteiger charge is 2.09. The van der Waals surface area contributed by atoms with Crippen LogP contribution in [0.1, 0.15) is 5.56 Å². The van der Waals surface area contributed by atoms with Gasteiger partial charge >= 0.3 is 0 Å². The van der Waals surface area contributed by atoms with Crippen LogP contribution < -0.4 is 10.1 Å². The van der Waals surface area contributed by atoms with Crippen molar-refractivity contribution >= 4 is 34.8 Å². The zero-order valence-corrected chi connectivity index (χ0v) is 15.2. The number of rotatable bonds is 7. The average Bonchev–Trinajstić information content (AvgIpc) is 2.52. The predicted molar refractivity (Wildman–Crippen MR) is 99.3 cm³/mol. The normalized spacial score (nSPS) is 10.7. The fraction of sp³-hybridized carbons (Fsp3) is 0.278. The van der Waals surface area contributed by atoms with Crippen LogP contribution in [0.4, 0.5) is 5.69 Å². The van der Waals surface area contributed by atoms with Gasteiger partial charge in [0.2, 0.25) is 5.91 Å². The number of benzene rings is 2. The maximum atomic E-state index is 12.1. The van der Waals surface area contributed by atoms with Crippen molar-refractivity contribution in [2.75, 3.05) is 32.1 Å². The number of halogens is 2. The van der Waals surface area contributed by atoms with Gasteiger partial charge in [0, 0.05) is 11.6 Å². The molecule has 0 spiro atoms. The SMILES string of the molecule is Cc1ccc(NC(=O)CN(C)CCOc2ccc(Cl)cc2)c(Cl)c1. The molecule has 0 aliphatic carbocycles. The van der Waals surface area contributed by atoms with Gasteiger partial charge in [-0.1, -0.05) is 29.3 Å². The minimum Gasteiger partial charge on any atom is -0.492 e. The summed E-state index contributed by atoms with van der Waals surface area (Å²) in [4.78, 5) is 13.9. The first-order valence-corrected chi connectivity index (χ1v) is 8.32. The van der Waals surface area contributed by atoms with E-state index >= 15 is 0 Å². The van der Waals surface area contributed by atoms with Crippen molar-refractivity contribution in [2.24, 2.45) is 0 Å². The number of likely N-dealkylation sites (N-methyl/N-ethyl adjacent to an activating group) is 1. The van der Waals surface area contributed by atoms with E-state index in [1.165, 1.54) is 0 Å². The number of anilines is 1. The highest BCUT2D eigenvalue weighted by molar-refractivity contribution is 6.33. The number of amides is 1. The van der Waals surface area contributed by atoms with Crippen LogP contribution in [0.3, 0.4) is 0 Å². The van der Waals surface area contributed by atoms with Crippen LogP contribution in [0.15, 0.2) is 42.5 Å². The molecule has 2 rings (SSSR count). The molecule has 0 saturated carbocycles. The van der Waals surface area contributed by atoms with Crippen molar-refractivity contribution in [2.45, 2.75) is 6.92 Å². The molecule has 1 amide bonds. The number of carbonyl (C=O) groups is 1. The summed E-state index contributed by atoms with van der Waals surface area (Å²) in [6, 6.07) is 12.7. The van der Waals surface area contributed by atoms with Crippen molar-refractivity contribution in [3.8, 4) is 5.75 Å². The third-order valence-electron chi connectivity index (χ3n) is 3.37. The molecule has 0 radical (unpaired) electrons. The summed E-state index contributed by atoms with van der Waals surface area (Å²) in [5.74, 6) is 0.637. The molecule has 0 bridgehead atoms. The molecule has 0 unspecified atom stereocenters. The molecule has 2 aromatic carbocycles. The van der Waals surface area contributed by atoms with Crippen LogP contribution in [-0.4, -0.2) is 37.6 Å². The van der Waals surface area contributed by atoms with Gasteiger partial charge in [0.15, 0.2) is 0 Å². The van der Waals surface area contributed by atoms with E-state index in [0.717, 1.165) is 11.3 Å². The monoisotopic (exact) mass is 366 g/mol. The summed E-state index contributed by atoms with van der Waals surface area (Å²) in [6.07, 6.45) is 0. The summed E-state index contributed by atoms with van der Waals surface area (Å²) in [7, 11) is 1.86.